The van der Waals surface area contributed by atoms with Gasteiger partial charge in [-0.25, -0.2) is 3.11 Å². The first-order valence-corrected chi connectivity index (χ1v) is 7.09. The SMILES string of the molecule is O=C1NC(c2ccccc2)C(=O)N(I)c2ccccc21. The molecule has 2 aromatic rings. The molecule has 2 amide bonds. The van der Waals surface area contributed by atoms with E-state index in [2.05, 4.69) is 5.32 Å². The van der Waals surface area contributed by atoms with Gasteiger partial charge in [0.2, 0.25) is 0 Å². The first kappa shape index (κ1) is 13.1. The second-order valence-electron chi connectivity index (χ2n) is 4.45. The summed E-state index contributed by atoms with van der Waals surface area (Å²) in [6.07, 6.45) is 0. The lowest BCUT2D eigenvalue weighted by atomic mass is 10.1. The zero-order valence-electron chi connectivity index (χ0n) is 10.4. The first-order valence-electron chi connectivity index (χ1n) is 6.13. The van der Waals surface area contributed by atoms with E-state index in [9.17, 15) is 9.59 Å². The number of rotatable bonds is 1. The van der Waals surface area contributed by atoms with Crippen molar-refractivity contribution in [2.24, 2.45) is 0 Å². The van der Waals surface area contributed by atoms with E-state index in [1.807, 2.05) is 59.3 Å². The summed E-state index contributed by atoms with van der Waals surface area (Å²) in [6, 6.07) is 15.7. The first-order chi connectivity index (χ1) is 9.68. The maximum Gasteiger partial charge on any atom is 0.263 e. The number of amides is 2. The van der Waals surface area contributed by atoms with E-state index in [-0.39, 0.29) is 11.8 Å². The van der Waals surface area contributed by atoms with Crippen molar-refractivity contribution in [2.75, 3.05) is 3.11 Å². The fourth-order valence-electron chi connectivity index (χ4n) is 2.21. The molecule has 0 bridgehead atoms. The van der Waals surface area contributed by atoms with Crippen molar-refractivity contribution >= 4 is 40.4 Å². The average molecular weight is 378 g/mol. The average Bonchev–Trinajstić information content (AvgIpc) is 2.60. The molecule has 0 radical (unpaired) electrons. The Morgan fingerprint density at radius 1 is 0.950 bits per heavy atom. The van der Waals surface area contributed by atoms with Crippen LogP contribution in [0.2, 0.25) is 0 Å². The smallest absolute Gasteiger partial charge is 0.263 e. The van der Waals surface area contributed by atoms with Crippen molar-refractivity contribution in [2.45, 2.75) is 6.04 Å². The molecule has 0 spiro atoms. The van der Waals surface area contributed by atoms with Crippen LogP contribution in [0.4, 0.5) is 5.69 Å². The topological polar surface area (TPSA) is 49.4 Å². The van der Waals surface area contributed by atoms with Crippen LogP contribution < -0.4 is 8.43 Å². The Morgan fingerprint density at radius 2 is 1.60 bits per heavy atom. The molecule has 1 aliphatic heterocycles. The molecule has 1 aliphatic rings. The third kappa shape index (κ3) is 2.18. The van der Waals surface area contributed by atoms with Crippen LogP contribution in [0.5, 0.6) is 0 Å². The second kappa shape index (κ2) is 5.24. The van der Waals surface area contributed by atoms with Crippen LogP contribution in [0.25, 0.3) is 0 Å². The van der Waals surface area contributed by atoms with Gasteiger partial charge < -0.3 is 5.32 Å². The predicted molar refractivity (Wildman–Crippen MR) is 84.6 cm³/mol. The normalized spacial score (nSPS) is 18.2. The highest BCUT2D eigenvalue weighted by atomic mass is 127. The summed E-state index contributed by atoms with van der Waals surface area (Å²) in [5.74, 6) is -0.392. The molecule has 1 atom stereocenters. The number of benzene rings is 2. The number of para-hydroxylation sites is 1. The van der Waals surface area contributed by atoms with E-state index in [0.29, 0.717) is 11.3 Å². The minimum absolute atomic E-state index is 0.157. The monoisotopic (exact) mass is 378 g/mol. The van der Waals surface area contributed by atoms with Gasteiger partial charge in [0.1, 0.15) is 6.04 Å². The van der Waals surface area contributed by atoms with Gasteiger partial charge in [0.25, 0.3) is 11.8 Å². The lowest BCUT2D eigenvalue weighted by Crippen LogP contribution is -2.35. The Balaban J connectivity index is 2.08. The minimum atomic E-state index is -0.659. The number of halogens is 1. The number of nitrogens with zero attached hydrogens (tertiary/aromatic N) is 1. The van der Waals surface area contributed by atoms with Gasteiger partial charge >= 0.3 is 0 Å². The molecule has 0 aliphatic carbocycles. The lowest BCUT2D eigenvalue weighted by molar-refractivity contribution is -0.118. The van der Waals surface area contributed by atoms with Crippen molar-refractivity contribution in [3.8, 4) is 0 Å². The fourth-order valence-corrected chi connectivity index (χ4v) is 2.91. The zero-order valence-corrected chi connectivity index (χ0v) is 12.6. The van der Waals surface area contributed by atoms with Crippen LogP contribution in [0.3, 0.4) is 0 Å². The van der Waals surface area contributed by atoms with Crippen LogP contribution >= 0.6 is 22.9 Å². The number of carbonyl (C=O) groups excluding carboxylic acids is 2. The van der Waals surface area contributed by atoms with Gasteiger partial charge in [-0.1, -0.05) is 42.5 Å². The summed E-state index contributed by atoms with van der Waals surface area (Å²) < 4.78 is 1.50. The maximum atomic E-state index is 12.6. The number of hydrogen-bond donors (Lipinski definition) is 1. The molecule has 1 N–H and O–H groups in total. The Bertz CT molecular complexity index is 673. The second-order valence-corrected chi connectivity index (χ2v) is 5.42. The minimum Gasteiger partial charge on any atom is -0.336 e. The zero-order chi connectivity index (χ0) is 14.1. The van der Waals surface area contributed by atoms with Crippen LogP contribution in [0.15, 0.2) is 54.6 Å². The van der Waals surface area contributed by atoms with Crippen LogP contribution in [-0.2, 0) is 4.79 Å². The Hall–Kier alpha value is -1.89. The summed E-state index contributed by atoms with van der Waals surface area (Å²) in [4.78, 5) is 24.8. The molecule has 20 heavy (non-hydrogen) atoms. The summed E-state index contributed by atoms with van der Waals surface area (Å²) in [6.45, 7) is 0. The quantitative estimate of drug-likeness (QED) is 0.613. The van der Waals surface area contributed by atoms with Crippen molar-refractivity contribution in [3.63, 3.8) is 0 Å². The van der Waals surface area contributed by atoms with Gasteiger partial charge in [-0.05, 0) is 17.7 Å². The molecule has 3 rings (SSSR count). The third-order valence-corrected chi connectivity index (χ3v) is 4.20. The molecule has 0 saturated carbocycles. The molecule has 5 heteroatoms. The van der Waals surface area contributed by atoms with E-state index in [1.165, 1.54) is 3.11 Å². The molecule has 1 unspecified atom stereocenters. The number of nitrogens with one attached hydrogen (secondary N) is 1. The highest BCUT2D eigenvalue weighted by molar-refractivity contribution is 14.1. The molecular formula is C15H11IN2O2. The Labute approximate surface area is 130 Å². The Morgan fingerprint density at radius 3 is 2.35 bits per heavy atom. The van der Waals surface area contributed by atoms with E-state index in [4.69, 9.17) is 0 Å². The van der Waals surface area contributed by atoms with Crippen molar-refractivity contribution in [3.05, 3.63) is 65.7 Å². The molecule has 4 nitrogen and oxygen atoms in total. The largest absolute Gasteiger partial charge is 0.336 e. The summed E-state index contributed by atoms with van der Waals surface area (Å²) in [7, 11) is 0. The van der Waals surface area contributed by atoms with E-state index >= 15 is 0 Å². The van der Waals surface area contributed by atoms with Gasteiger partial charge in [0.15, 0.2) is 0 Å². The lowest BCUT2D eigenvalue weighted by Gasteiger charge is -2.19. The van der Waals surface area contributed by atoms with E-state index in [1.54, 1.807) is 18.2 Å². The number of carbonyl (C=O) groups is 2. The van der Waals surface area contributed by atoms with Crippen LogP contribution in [0, 0.1) is 0 Å². The molecule has 0 fully saturated rings. The molecular weight excluding hydrogens is 367 g/mol. The summed E-state index contributed by atoms with van der Waals surface area (Å²) in [5.41, 5.74) is 1.91. The van der Waals surface area contributed by atoms with Gasteiger partial charge in [0.05, 0.1) is 34.1 Å². The highest BCUT2D eigenvalue weighted by Gasteiger charge is 2.33. The third-order valence-electron chi connectivity index (χ3n) is 3.21. The van der Waals surface area contributed by atoms with Crippen LogP contribution in [-0.4, -0.2) is 11.8 Å². The van der Waals surface area contributed by atoms with Crippen LogP contribution in [0.1, 0.15) is 22.0 Å². The number of anilines is 1. The predicted octanol–water partition coefficient (Wildman–Crippen LogP) is 2.85. The van der Waals surface area contributed by atoms with Gasteiger partial charge in [0, 0.05) is 0 Å². The fraction of sp³-hybridized carbons (Fsp3) is 0.0667. The number of fused-ring (bicyclic) bond motifs is 1. The number of hydrogen-bond acceptors (Lipinski definition) is 2. The van der Waals surface area contributed by atoms with Crippen molar-refractivity contribution < 1.29 is 9.59 Å². The van der Waals surface area contributed by atoms with E-state index in [0.717, 1.165) is 5.56 Å². The molecule has 0 saturated heterocycles. The molecule has 2 aromatic carbocycles. The molecule has 100 valence electrons. The van der Waals surface area contributed by atoms with Crippen molar-refractivity contribution in [1.29, 1.82) is 0 Å². The van der Waals surface area contributed by atoms with Gasteiger partial charge in [-0.3, -0.25) is 9.59 Å². The van der Waals surface area contributed by atoms with Gasteiger partial charge in [-0.15, -0.1) is 0 Å². The molecule has 0 aromatic heterocycles. The summed E-state index contributed by atoms with van der Waals surface area (Å²) in [5, 5.41) is 2.80. The molecule has 1 heterocycles. The Kier molecular flexibility index (Phi) is 3.43. The van der Waals surface area contributed by atoms with Gasteiger partial charge in [-0.2, -0.15) is 0 Å². The highest BCUT2D eigenvalue weighted by Crippen LogP contribution is 2.31. The van der Waals surface area contributed by atoms with E-state index < -0.39 is 6.04 Å². The maximum absolute atomic E-state index is 12.6. The standard InChI is InChI=1S/C15H11IN2O2/c16-18-12-9-5-4-8-11(12)14(19)17-13(15(18)20)10-6-2-1-3-7-10/h1-9,13H,(H,17,19). The summed E-state index contributed by atoms with van der Waals surface area (Å²) >= 11 is 1.94. The van der Waals surface area contributed by atoms with Crippen molar-refractivity contribution in [1.82, 2.24) is 5.32 Å².